The molecule has 1 aromatic rings. The molecule has 1 saturated heterocycles. The number of carbonyl (C=O) groups is 1. The molecule has 2 rings (SSSR count). The number of benzene rings is 1. The van der Waals surface area contributed by atoms with Gasteiger partial charge in [-0.25, -0.2) is 0 Å². The Morgan fingerprint density at radius 3 is 2.27 bits per heavy atom. The maximum absolute atomic E-state index is 12.2. The minimum Gasteiger partial charge on any atom is -0.492 e. The van der Waals surface area contributed by atoms with Crippen LogP contribution in [0.2, 0.25) is 0 Å². The molecule has 0 radical (unpaired) electrons. The Morgan fingerprint density at radius 2 is 1.62 bits per heavy atom. The van der Waals surface area contributed by atoms with Gasteiger partial charge in [0.05, 0.1) is 0 Å². The number of halogens is 2. The minimum absolute atomic E-state index is 0. The molecule has 2 N–H and O–H groups in total. The number of nitrogens with zero attached hydrogens (tertiary/aromatic N) is 2. The molecule has 1 fully saturated rings. The number of ether oxygens (including phenoxy) is 1. The number of rotatable bonds is 10. The van der Waals surface area contributed by atoms with Gasteiger partial charge in [-0.2, -0.15) is 0 Å². The molecule has 0 atom stereocenters. The highest BCUT2D eigenvalue weighted by Gasteiger charge is 2.20. The highest BCUT2D eigenvalue weighted by molar-refractivity contribution is 5.85. The van der Waals surface area contributed by atoms with Crippen LogP contribution in [0.25, 0.3) is 0 Å². The van der Waals surface area contributed by atoms with Crippen molar-refractivity contribution in [1.29, 1.82) is 0 Å². The SMILES string of the molecule is Cl.Cl.NCCCCCCC(=O)N1CCN(CCOc2ccccc2)CC1. The van der Waals surface area contributed by atoms with Crippen LogP contribution < -0.4 is 10.5 Å². The second-order valence-corrected chi connectivity index (χ2v) is 6.34. The highest BCUT2D eigenvalue weighted by atomic mass is 35.5. The van der Waals surface area contributed by atoms with Gasteiger partial charge in [-0.05, 0) is 31.5 Å². The van der Waals surface area contributed by atoms with Crippen LogP contribution in [0.1, 0.15) is 32.1 Å². The van der Waals surface area contributed by atoms with E-state index < -0.39 is 0 Å². The van der Waals surface area contributed by atoms with Crippen molar-refractivity contribution in [2.24, 2.45) is 5.73 Å². The molecule has 7 heteroatoms. The van der Waals surface area contributed by atoms with E-state index in [1.807, 2.05) is 35.2 Å². The molecular formula is C19H33Cl2N3O2. The molecule has 26 heavy (non-hydrogen) atoms. The van der Waals surface area contributed by atoms with E-state index in [4.69, 9.17) is 10.5 Å². The highest BCUT2D eigenvalue weighted by Crippen LogP contribution is 2.10. The predicted octanol–water partition coefficient (Wildman–Crippen LogP) is 2.96. The van der Waals surface area contributed by atoms with Crippen LogP contribution in [0.5, 0.6) is 5.75 Å². The van der Waals surface area contributed by atoms with Gasteiger partial charge in [0, 0.05) is 39.1 Å². The molecule has 5 nitrogen and oxygen atoms in total. The van der Waals surface area contributed by atoms with Crippen molar-refractivity contribution in [2.45, 2.75) is 32.1 Å². The number of piperazine rings is 1. The van der Waals surface area contributed by atoms with Gasteiger partial charge in [0.1, 0.15) is 12.4 Å². The number of hydrogen-bond acceptors (Lipinski definition) is 4. The fourth-order valence-electron chi connectivity index (χ4n) is 2.96. The number of unbranched alkanes of at least 4 members (excludes halogenated alkanes) is 3. The second kappa shape index (κ2) is 15.1. The van der Waals surface area contributed by atoms with Crippen LogP contribution in [-0.2, 0) is 4.79 Å². The van der Waals surface area contributed by atoms with Gasteiger partial charge < -0.3 is 15.4 Å². The summed E-state index contributed by atoms with van der Waals surface area (Å²) in [5, 5.41) is 0. The van der Waals surface area contributed by atoms with Crippen molar-refractivity contribution in [3.63, 3.8) is 0 Å². The average Bonchev–Trinajstić information content (AvgIpc) is 2.63. The lowest BCUT2D eigenvalue weighted by atomic mass is 10.1. The number of para-hydroxylation sites is 1. The van der Waals surface area contributed by atoms with E-state index >= 15 is 0 Å². The normalized spacial score (nSPS) is 14.3. The summed E-state index contributed by atoms with van der Waals surface area (Å²) in [6, 6.07) is 9.90. The van der Waals surface area contributed by atoms with E-state index in [1.54, 1.807) is 0 Å². The number of nitrogens with two attached hydrogens (primary N) is 1. The van der Waals surface area contributed by atoms with Crippen molar-refractivity contribution in [3.8, 4) is 5.75 Å². The van der Waals surface area contributed by atoms with E-state index in [2.05, 4.69) is 4.90 Å². The van der Waals surface area contributed by atoms with E-state index in [0.717, 1.165) is 70.7 Å². The molecule has 0 unspecified atom stereocenters. The summed E-state index contributed by atoms with van der Waals surface area (Å²) in [6.45, 7) is 5.92. The molecule has 1 aromatic carbocycles. The molecule has 1 heterocycles. The number of amides is 1. The smallest absolute Gasteiger partial charge is 0.222 e. The fourth-order valence-corrected chi connectivity index (χ4v) is 2.96. The third-order valence-electron chi connectivity index (χ3n) is 4.49. The van der Waals surface area contributed by atoms with E-state index in [9.17, 15) is 4.79 Å². The first kappa shape index (κ1) is 25.0. The van der Waals surface area contributed by atoms with Crippen LogP contribution in [0.15, 0.2) is 30.3 Å². The first-order chi connectivity index (χ1) is 11.8. The first-order valence-electron chi connectivity index (χ1n) is 9.17. The Morgan fingerprint density at radius 1 is 0.962 bits per heavy atom. The van der Waals surface area contributed by atoms with Crippen molar-refractivity contribution < 1.29 is 9.53 Å². The maximum Gasteiger partial charge on any atom is 0.222 e. The second-order valence-electron chi connectivity index (χ2n) is 6.34. The lowest BCUT2D eigenvalue weighted by Crippen LogP contribution is -2.49. The summed E-state index contributed by atoms with van der Waals surface area (Å²) >= 11 is 0. The summed E-state index contributed by atoms with van der Waals surface area (Å²) in [5.74, 6) is 1.23. The van der Waals surface area contributed by atoms with E-state index in [-0.39, 0.29) is 24.8 Å². The van der Waals surface area contributed by atoms with Crippen LogP contribution in [0, 0.1) is 0 Å². The third kappa shape index (κ3) is 9.62. The Bertz CT molecular complexity index is 469. The molecule has 0 saturated carbocycles. The van der Waals surface area contributed by atoms with Gasteiger partial charge in [0.2, 0.25) is 5.91 Å². The van der Waals surface area contributed by atoms with Crippen LogP contribution >= 0.6 is 24.8 Å². The monoisotopic (exact) mass is 405 g/mol. The fraction of sp³-hybridized carbons (Fsp3) is 0.632. The summed E-state index contributed by atoms with van der Waals surface area (Å²) in [4.78, 5) is 16.6. The summed E-state index contributed by atoms with van der Waals surface area (Å²) in [5.41, 5.74) is 5.48. The van der Waals surface area contributed by atoms with Crippen molar-refractivity contribution in [2.75, 3.05) is 45.9 Å². The third-order valence-corrected chi connectivity index (χ3v) is 4.49. The zero-order chi connectivity index (χ0) is 17.0. The molecule has 1 aliphatic heterocycles. The Labute approximate surface area is 170 Å². The molecular weight excluding hydrogens is 373 g/mol. The van der Waals surface area contributed by atoms with Gasteiger partial charge in [0.15, 0.2) is 0 Å². The maximum atomic E-state index is 12.2. The molecule has 0 aromatic heterocycles. The number of carbonyl (C=O) groups excluding carboxylic acids is 1. The lowest BCUT2D eigenvalue weighted by Gasteiger charge is -2.34. The first-order valence-corrected chi connectivity index (χ1v) is 9.17. The lowest BCUT2D eigenvalue weighted by molar-refractivity contribution is -0.133. The zero-order valence-electron chi connectivity index (χ0n) is 15.5. The van der Waals surface area contributed by atoms with Crippen LogP contribution in [0.4, 0.5) is 0 Å². The standard InChI is InChI=1S/C19H31N3O2.2ClH/c20-11-7-2-1-6-10-19(23)22-14-12-21(13-15-22)16-17-24-18-8-4-3-5-9-18;;/h3-5,8-9H,1-2,6-7,10-17,20H2;2*1H. The minimum atomic E-state index is 0. The summed E-state index contributed by atoms with van der Waals surface area (Å²) < 4.78 is 5.74. The summed E-state index contributed by atoms with van der Waals surface area (Å²) in [7, 11) is 0. The van der Waals surface area contributed by atoms with Gasteiger partial charge in [0.25, 0.3) is 0 Å². The molecule has 0 bridgehead atoms. The van der Waals surface area contributed by atoms with Gasteiger partial charge in [-0.3, -0.25) is 9.69 Å². The molecule has 1 amide bonds. The topological polar surface area (TPSA) is 58.8 Å². The van der Waals surface area contributed by atoms with E-state index in [1.165, 1.54) is 0 Å². The molecule has 150 valence electrons. The molecule has 0 aliphatic carbocycles. The Balaban J connectivity index is 0.00000312. The summed E-state index contributed by atoms with van der Waals surface area (Å²) in [6.07, 6.45) is 4.99. The Hall–Kier alpha value is -1.01. The van der Waals surface area contributed by atoms with Crippen molar-refractivity contribution >= 4 is 30.7 Å². The van der Waals surface area contributed by atoms with Gasteiger partial charge in [-0.15, -0.1) is 24.8 Å². The number of hydrogen-bond donors (Lipinski definition) is 1. The van der Waals surface area contributed by atoms with Gasteiger partial charge in [-0.1, -0.05) is 31.0 Å². The molecule has 1 aliphatic rings. The van der Waals surface area contributed by atoms with E-state index in [0.29, 0.717) is 18.9 Å². The molecule has 0 spiro atoms. The average molecular weight is 406 g/mol. The quantitative estimate of drug-likeness (QED) is 0.607. The van der Waals surface area contributed by atoms with Crippen LogP contribution in [-0.4, -0.2) is 61.6 Å². The van der Waals surface area contributed by atoms with Crippen molar-refractivity contribution in [3.05, 3.63) is 30.3 Å². The zero-order valence-corrected chi connectivity index (χ0v) is 17.1. The largest absolute Gasteiger partial charge is 0.492 e. The van der Waals surface area contributed by atoms with Crippen molar-refractivity contribution in [1.82, 2.24) is 9.80 Å². The Kier molecular flexibility index (Phi) is 14.5. The predicted molar refractivity (Wildman–Crippen MR) is 112 cm³/mol. The van der Waals surface area contributed by atoms with Gasteiger partial charge >= 0.3 is 0 Å². The van der Waals surface area contributed by atoms with Crippen LogP contribution in [0.3, 0.4) is 0 Å².